The molecule has 0 aliphatic carbocycles. The lowest BCUT2D eigenvalue weighted by Gasteiger charge is -2.10. The van der Waals surface area contributed by atoms with Gasteiger partial charge in [-0.25, -0.2) is 0 Å². The van der Waals surface area contributed by atoms with E-state index < -0.39 is 28.0 Å². The maximum atomic E-state index is 10.4. The van der Waals surface area contributed by atoms with Gasteiger partial charge >= 0.3 is 10.4 Å². The van der Waals surface area contributed by atoms with Crippen LogP contribution in [0.5, 0.6) is 11.5 Å². The number of phenols is 1. The molecule has 90 valence electrons. The maximum absolute atomic E-state index is 10.4. The van der Waals surface area contributed by atoms with Crippen LogP contribution >= 0.6 is 0 Å². The van der Waals surface area contributed by atoms with E-state index in [1.807, 2.05) is 0 Å². The Morgan fingerprint density at radius 3 is 2.50 bits per heavy atom. The lowest BCUT2D eigenvalue weighted by Crippen LogP contribution is -2.11. The van der Waals surface area contributed by atoms with Crippen molar-refractivity contribution in [2.24, 2.45) is 5.73 Å². The molecule has 16 heavy (non-hydrogen) atoms. The van der Waals surface area contributed by atoms with Crippen molar-refractivity contribution in [3.8, 4) is 11.5 Å². The van der Waals surface area contributed by atoms with E-state index >= 15 is 0 Å². The van der Waals surface area contributed by atoms with Crippen LogP contribution in [0, 0.1) is 0 Å². The molecular formula is C8H11NO6S. The highest BCUT2D eigenvalue weighted by Crippen LogP contribution is 2.29. The summed E-state index contributed by atoms with van der Waals surface area (Å²) in [7, 11) is -4.69. The lowest BCUT2D eigenvalue weighted by atomic mass is 10.1. The van der Waals surface area contributed by atoms with Crippen LogP contribution in [0.1, 0.15) is 11.7 Å². The zero-order chi connectivity index (χ0) is 12.3. The Morgan fingerprint density at radius 2 is 2.06 bits per heavy atom. The largest absolute Gasteiger partial charge is 0.504 e. The molecule has 1 aromatic rings. The molecule has 1 rings (SSSR count). The molecule has 0 bridgehead atoms. The van der Waals surface area contributed by atoms with Gasteiger partial charge in [0.1, 0.15) is 0 Å². The summed E-state index contributed by atoms with van der Waals surface area (Å²) in [4.78, 5) is 0. The number of aliphatic hydroxyl groups excluding tert-OH is 1. The topological polar surface area (TPSA) is 130 Å². The first-order valence-electron chi connectivity index (χ1n) is 4.21. The fourth-order valence-corrected chi connectivity index (χ4v) is 1.43. The van der Waals surface area contributed by atoms with E-state index in [1.165, 1.54) is 6.07 Å². The highest BCUT2D eigenvalue weighted by atomic mass is 32.3. The standard InChI is InChI=1S/C8H11NO6S/c9-4-7(11)5-1-2-8(6(10)3-5)15-16(12,13)14/h1-3,7,10-11H,4,9H2,(H,12,13,14). The van der Waals surface area contributed by atoms with Crippen LogP contribution in [-0.2, 0) is 10.4 Å². The predicted octanol–water partition coefficient (Wildman–Crippen LogP) is -0.434. The van der Waals surface area contributed by atoms with Crippen molar-refractivity contribution >= 4 is 10.4 Å². The van der Waals surface area contributed by atoms with Gasteiger partial charge in [0.05, 0.1) is 6.10 Å². The van der Waals surface area contributed by atoms with Gasteiger partial charge in [0.15, 0.2) is 11.5 Å². The Bertz CT molecular complexity index is 471. The second-order valence-electron chi connectivity index (χ2n) is 2.99. The number of hydrogen-bond donors (Lipinski definition) is 4. The Kier molecular flexibility index (Phi) is 3.70. The number of aromatic hydroxyl groups is 1. The zero-order valence-electron chi connectivity index (χ0n) is 8.07. The van der Waals surface area contributed by atoms with Gasteiger partial charge in [-0.1, -0.05) is 6.07 Å². The van der Waals surface area contributed by atoms with Gasteiger partial charge in [-0.3, -0.25) is 4.55 Å². The molecule has 1 unspecified atom stereocenters. The monoisotopic (exact) mass is 249 g/mol. The number of benzene rings is 1. The molecule has 1 aromatic carbocycles. The molecule has 0 aliphatic rings. The van der Waals surface area contributed by atoms with Crippen molar-refractivity contribution < 1.29 is 27.4 Å². The van der Waals surface area contributed by atoms with Crippen LogP contribution in [0.15, 0.2) is 18.2 Å². The maximum Gasteiger partial charge on any atom is 0.446 e. The molecule has 7 nitrogen and oxygen atoms in total. The second-order valence-corrected chi connectivity index (χ2v) is 4.01. The van der Waals surface area contributed by atoms with Gasteiger partial charge in [0.25, 0.3) is 0 Å². The summed E-state index contributed by atoms with van der Waals surface area (Å²) in [6.45, 7) is -0.0437. The molecule has 0 amide bonds. The first kappa shape index (κ1) is 12.7. The fourth-order valence-electron chi connectivity index (χ4n) is 1.06. The summed E-state index contributed by atoms with van der Waals surface area (Å²) in [6.07, 6.45) is -0.967. The van der Waals surface area contributed by atoms with Gasteiger partial charge < -0.3 is 20.1 Å². The first-order chi connectivity index (χ1) is 7.33. The van der Waals surface area contributed by atoms with Crippen LogP contribution < -0.4 is 9.92 Å². The normalized spacial score (nSPS) is 13.4. The number of hydrogen-bond acceptors (Lipinski definition) is 6. The number of aliphatic hydroxyl groups is 1. The quantitative estimate of drug-likeness (QED) is 0.532. The SMILES string of the molecule is NCC(O)c1ccc(OS(=O)(=O)O)c(O)c1. The predicted molar refractivity (Wildman–Crippen MR) is 54.3 cm³/mol. The summed E-state index contributed by atoms with van der Waals surface area (Å²) >= 11 is 0. The number of rotatable bonds is 4. The summed E-state index contributed by atoms with van der Waals surface area (Å²) in [5, 5.41) is 18.7. The van der Waals surface area contributed by atoms with Gasteiger partial charge in [-0.05, 0) is 17.7 Å². The Morgan fingerprint density at radius 1 is 1.44 bits per heavy atom. The van der Waals surface area contributed by atoms with Crippen LogP contribution in [-0.4, -0.2) is 29.7 Å². The van der Waals surface area contributed by atoms with E-state index in [1.54, 1.807) is 0 Å². The highest BCUT2D eigenvalue weighted by Gasteiger charge is 2.13. The summed E-state index contributed by atoms with van der Waals surface area (Å²) < 4.78 is 33.2. The molecule has 0 aromatic heterocycles. The van der Waals surface area contributed by atoms with E-state index in [0.717, 1.165) is 12.1 Å². The third-order valence-electron chi connectivity index (χ3n) is 1.79. The first-order valence-corrected chi connectivity index (χ1v) is 5.58. The fraction of sp³-hybridized carbons (Fsp3) is 0.250. The van der Waals surface area contributed by atoms with Crippen molar-refractivity contribution in [1.29, 1.82) is 0 Å². The van der Waals surface area contributed by atoms with E-state index in [2.05, 4.69) is 4.18 Å². The van der Waals surface area contributed by atoms with Crippen LogP contribution in [0.3, 0.4) is 0 Å². The van der Waals surface area contributed by atoms with Crippen molar-refractivity contribution in [1.82, 2.24) is 0 Å². The minimum absolute atomic E-state index is 0.0437. The molecule has 5 N–H and O–H groups in total. The number of phenolic OH excluding ortho intramolecular Hbond substituents is 1. The van der Waals surface area contributed by atoms with Crippen LogP contribution in [0.2, 0.25) is 0 Å². The summed E-state index contributed by atoms with van der Waals surface area (Å²) in [6, 6.07) is 3.51. The molecule has 1 atom stereocenters. The molecule has 0 radical (unpaired) electrons. The Hall–Kier alpha value is -1.35. The second kappa shape index (κ2) is 4.66. The zero-order valence-corrected chi connectivity index (χ0v) is 8.88. The highest BCUT2D eigenvalue weighted by molar-refractivity contribution is 7.81. The molecular weight excluding hydrogens is 238 g/mol. The Labute approximate surface area is 92.0 Å². The van der Waals surface area contributed by atoms with E-state index in [-0.39, 0.29) is 6.54 Å². The minimum Gasteiger partial charge on any atom is -0.504 e. The summed E-state index contributed by atoms with van der Waals surface area (Å²) in [5.74, 6) is -0.960. The summed E-state index contributed by atoms with van der Waals surface area (Å²) in [5.41, 5.74) is 5.50. The third kappa shape index (κ3) is 3.35. The van der Waals surface area contributed by atoms with E-state index in [9.17, 15) is 18.6 Å². The van der Waals surface area contributed by atoms with Gasteiger partial charge in [0.2, 0.25) is 0 Å². The molecule has 8 heteroatoms. The van der Waals surface area contributed by atoms with Gasteiger partial charge in [-0.2, -0.15) is 8.42 Å². The Balaban J connectivity index is 3.01. The third-order valence-corrected chi connectivity index (χ3v) is 2.18. The minimum atomic E-state index is -4.69. The molecule has 0 saturated carbocycles. The smallest absolute Gasteiger partial charge is 0.446 e. The van der Waals surface area contributed by atoms with Crippen LogP contribution in [0.4, 0.5) is 0 Å². The molecule has 0 fully saturated rings. The van der Waals surface area contributed by atoms with E-state index in [0.29, 0.717) is 5.56 Å². The molecule has 0 saturated heterocycles. The van der Waals surface area contributed by atoms with Gasteiger partial charge in [0, 0.05) is 6.54 Å². The van der Waals surface area contributed by atoms with E-state index in [4.69, 9.17) is 10.3 Å². The molecule has 0 aliphatic heterocycles. The average Bonchev–Trinajstić information content (AvgIpc) is 2.18. The van der Waals surface area contributed by atoms with Crippen molar-refractivity contribution in [3.63, 3.8) is 0 Å². The lowest BCUT2D eigenvalue weighted by molar-refractivity contribution is 0.186. The molecule has 0 heterocycles. The number of nitrogens with two attached hydrogens (primary N) is 1. The van der Waals surface area contributed by atoms with Gasteiger partial charge in [-0.15, -0.1) is 0 Å². The van der Waals surface area contributed by atoms with Crippen LogP contribution in [0.25, 0.3) is 0 Å². The van der Waals surface area contributed by atoms with Crippen molar-refractivity contribution in [2.75, 3.05) is 6.54 Å². The molecule has 0 spiro atoms. The van der Waals surface area contributed by atoms with Crippen molar-refractivity contribution in [3.05, 3.63) is 23.8 Å². The van der Waals surface area contributed by atoms with Crippen molar-refractivity contribution in [2.45, 2.75) is 6.10 Å². The average molecular weight is 249 g/mol.